The fourth-order valence-electron chi connectivity index (χ4n) is 3.59. The van der Waals surface area contributed by atoms with Crippen molar-refractivity contribution in [1.82, 2.24) is 9.88 Å². The first-order valence-corrected chi connectivity index (χ1v) is 12.6. The number of nitrogens with zero attached hydrogens (tertiary/aromatic N) is 2. The number of hydrogen-bond donors (Lipinski definition) is 2. The van der Waals surface area contributed by atoms with Crippen molar-refractivity contribution in [2.24, 2.45) is 0 Å². The summed E-state index contributed by atoms with van der Waals surface area (Å²) in [4.78, 5) is 20.2. The van der Waals surface area contributed by atoms with Crippen LogP contribution < -0.4 is 4.72 Å². The quantitative estimate of drug-likeness (QED) is 0.385. The zero-order valence-corrected chi connectivity index (χ0v) is 20.1. The molecule has 1 unspecified atom stereocenters. The van der Waals surface area contributed by atoms with Crippen molar-refractivity contribution in [2.45, 2.75) is 38.3 Å². The van der Waals surface area contributed by atoms with E-state index in [2.05, 4.69) is 4.98 Å². The standard InChI is InChI=1S/C23H25N3O5S2/c1-22(2,3)31-21(27)26-15-23(26,13-16-9-11-18(12-10-16)25-33(28,29)30)20-24-14-19(32-20)17-7-5-4-6-8-17/h4-12,14,25H,13,15H2,1-3H3,(H,28,29,30). The Balaban J connectivity index is 1.62. The van der Waals surface area contributed by atoms with Crippen LogP contribution in [0.2, 0.25) is 0 Å². The summed E-state index contributed by atoms with van der Waals surface area (Å²) < 4.78 is 38.7. The molecular formula is C23H25N3O5S2. The van der Waals surface area contributed by atoms with Crippen LogP contribution in [0.3, 0.4) is 0 Å². The summed E-state index contributed by atoms with van der Waals surface area (Å²) in [6.45, 7) is 5.95. The molecule has 2 aromatic carbocycles. The number of nitrogens with one attached hydrogen (secondary N) is 1. The van der Waals surface area contributed by atoms with Gasteiger partial charge in [-0.05, 0) is 44.0 Å². The number of hydrogen-bond acceptors (Lipinski definition) is 6. The molecule has 0 aliphatic carbocycles. The average molecular weight is 488 g/mol. The van der Waals surface area contributed by atoms with Crippen LogP contribution in [0, 0.1) is 0 Å². The highest BCUT2D eigenvalue weighted by molar-refractivity contribution is 7.87. The van der Waals surface area contributed by atoms with Crippen LogP contribution in [0.15, 0.2) is 60.8 Å². The molecule has 1 fully saturated rings. The number of rotatable bonds is 6. The van der Waals surface area contributed by atoms with Crippen molar-refractivity contribution < 1.29 is 22.5 Å². The Morgan fingerprint density at radius 2 is 1.85 bits per heavy atom. The van der Waals surface area contributed by atoms with Crippen LogP contribution in [-0.2, 0) is 27.0 Å². The number of ether oxygens (including phenoxy) is 1. The summed E-state index contributed by atoms with van der Waals surface area (Å²) >= 11 is 1.54. The van der Waals surface area contributed by atoms with Gasteiger partial charge in [-0.1, -0.05) is 42.5 Å². The first-order valence-electron chi connectivity index (χ1n) is 10.3. The summed E-state index contributed by atoms with van der Waals surface area (Å²) in [7, 11) is -4.34. The highest BCUT2D eigenvalue weighted by Gasteiger charge is 2.59. The first kappa shape index (κ1) is 23.2. The maximum Gasteiger partial charge on any atom is 0.411 e. The Hall–Kier alpha value is -2.95. The van der Waals surface area contributed by atoms with Gasteiger partial charge in [0, 0.05) is 12.6 Å². The van der Waals surface area contributed by atoms with Gasteiger partial charge in [-0.15, -0.1) is 11.3 Å². The third kappa shape index (κ3) is 5.52. The van der Waals surface area contributed by atoms with Gasteiger partial charge in [0.25, 0.3) is 0 Å². The molecule has 0 saturated carbocycles. The molecule has 4 rings (SSSR count). The Labute approximate surface area is 197 Å². The minimum absolute atomic E-state index is 0.246. The van der Waals surface area contributed by atoms with Gasteiger partial charge in [-0.2, -0.15) is 8.42 Å². The molecule has 3 aromatic rings. The number of aromatic nitrogens is 1. The third-order valence-corrected chi connectivity index (χ3v) is 6.84. The average Bonchev–Trinajstić information content (AvgIpc) is 3.23. The van der Waals surface area contributed by atoms with Crippen LogP contribution in [0.25, 0.3) is 10.4 Å². The first-order chi connectivity index (χ1) is 15.5. The summed E-state index contributed by atoms with van der Waals surface area (Å²) in [5.41, 5.74) is 0.931. The summed E-state index contributed by atoms with van der Waals surface area (Å²) in [6.07, 6.45) is 1.91. The molecule has 1 saturated heterocycles. The van der Waals surface area contributed by atoms with Gasteiger partial charge in [0.1, 0.15) is 16.1 Å². The van der Waals surface area contributed by atoms with E-state index in [0.717, 1.165) is 21.0 Å². The third-order valence-electron chi connectivity index (χ3n) is 5.11. The topological polar surface area (TPSA) is 109 Å². The van der Waals surface area contributed by atoms with Crippen LogP contribution >= 0.6 is 11.3 Å². The summed E-state index contributed by atoms with van der Waals surface area (Å²) in [5, 5.41) is 0.812. The van der Waals surface area contributed by atoms with E-state index in [1.165, 1.54) is 11.3 Å². The predicted octanol–water partition coefficient (Wildman–Crippen LogP) is 4.71. The van der Waals surface area contributed by atoms with E-state index in [4.69, 9.17) is 9.29 Å². The molecule has 1 aliphatic heterocycles. The minimum atomic E-state index is -4.34. The number of thiazole rings is 1. The molecule has 1 amide bonds. The van der Waals surface area contributed by atoms with Crippen molar-refractivity contribution in [2.75, 3.05) is 11.3 Å². The lowest BCUT2D eigenvalue weighted by atomic mass is 9.99. The SMILES string of the molecule is CC(C)(C)OC(=O)N1CC1(Cc1ccc(NS(=O)(=O)O)cc1)c1ncc(-c2ccccc2)s1. The smallest absolute Gasteiger partial charge is 0.411 e. The predicted molar refractivity (Wildman–Crippen MR) is 127 cm³/mol. The molecule has 10 heteroatoms. The summed E-state index contributed by atoms with van der Waals surface area (Å²) in [6, 6.07) is 16.6. The van der Waals surface area contributed by atoms with Gasteiger partial charge in [0.2, 0.25) is 0 Å². The Bertz CT molecular complexity index is 1250. The van der Waals surface area contributed by atoms with Crippen molar-refractivity contribution in [3.63, 3.8) is 0 Å². The number of carbonyl (C=O) groups excluding carboxylic acids is 1. The molecule has 1 aliphatic rings. The molecule has 1 atom stereocenters. The second-order valence-corrected chi connectivity index (χ2v) is 11.1. The second-order valence-electron chi connectivity index (χ2n) is 8.94. The van der Waals surface area contributed by atoms with Gasteiger partial charge < -0.3 is 4.74 Å². The molecule has 2 N–H and O–H groups in total. The van der Waals surface area contributed by atoms with Crippen LogP contribution in [0.5, 0.6) is 0 Å². The largest absolute Gasteiger partial charge is 0.444 e. The molecule has 0 bridgehead atoms. The highest BCUT2D eigenvalue weighted by Crippen LogP contribution is 2.48. The van der Waals surface area contributed by atoms with E-state index in [-0.39, 0.29) is 5.69 Å². The van der Waals surface area contributed by atoms with Gasteiger partial charge >= 0.3 is 16.4 Å². The van der Waals surface area contributed by atoms with Gasteiger partial charge in [-0.25, -0.2) is 9.78 Å². The van der Waals surface area contributed by atoms with Gasteiger partial charge in [0.05, 0.1) is 17.1 Å². The van der Waals surface area contributed by atoms with Crippen molar-refractivity contribution >= 4 is 33.4 Å². The molecule has 1 aromatic heterocycles. The lowest BCUT2D eigenvalue weighted by molar-refractivity contribution is 0.0377. The van der Waals surface area contributed by atoms with Crippen molar-refractivity contribution in [1.29, 1.82) is 0 Å². The highest BCUT2D eigenvalue weighted by atomic mass is 32.2. The Morgan fingerprint density at radius 3 is 2.45 bits per heavy atom. The van der Waals surface area contributed by atoms with E-state index in [9.17, 15) is 13.2 Å². The molecular weight excluding hydrogens is 462 g/mol. The maximum atomic E-state index is 12.9. The molecule has 2 heterocycles. The number of amides is 1. The van der Waals surface area contributed by atoms with E-state index >= 15 is 0 Å². The summed E-state index contributed by atoms with van der Waals surface area (Å²) in [5.74, 6) is 0. The normalized spacial score (nSPS) is 18.1. The molecule has 0 spiro atoms. The maximum absolute atomic E-state index is 12.9. The van der Waals surface area contributed by atoms with Gasteiger partial charge in [-0.3, -0.25) is 14.2 Å². The van der Waals surface area contributed by atoms with E-state index in [1.807, 2.05) is 62.0 Å². The van der Waals surface area contributed by atoms with Crippen molar-refractivity contribution in [3.05, 3.63) is 71.4 Å². The number of anilines is 1. The lowest BCUT2D eigenvalue weighted by Gasteiger charge is -2.22. The van der Waals surface area contributed by atoms with Gasteiger partial charge in [0.15, 0.2) is 0 Å². The second kappa shape index (κ2) is 8.44. The number of benzene rings is 2. The Kier molecular flexibility index (Phi) is 5.94. The fraction of sp³-hybridized carbons (Fsp3) is 0.304. The van der Waals surface area contributed by atoms with Crippen LogP contribution in [-0.4, -0.2) is 41.1 Å². The minimum Gasteiger partial charge on any atom is -0.444 e. The lowest BCUT2D eigenvalue weighted by Crippen LogP contribution is -2.31. The van der Waals surface area contributed by atoms with Crippen LogP contribution in [0.1, 0.15) is 31.3 Å². The van der Waals surface area contributed by atoms with E-state index < -0.39 is 27.5 Å². The number of carbonyl (C=O) groups is 1. The monoisotopic (exact) mass is 487 g/mol. The fourth-order valence-corrected chi connectivity index (χ4v) is 5.14. The van der Waals surface area contributed by atoms with Crippen molar-refractivity contribution in [3.8, 4) is 10.4 Å². The zero-order valence-electron chi connectivity index (χ0n) is 18.5. The molecule has 174 valence electrons. The molecule has 0 radical (unpaired) electrons. The molecule has 33 heavy (non-hydrogen) atoms. The van der Waals surface area contributed by atoms with E-state index in [1.54, 1.807) is 29.2 Å². The molecule has 8 nitrogen and oxygen atoms in total. The Morgan fingerprint density at radius 1 is 1.18 bits per heavy atom. The van der Waals surface area contributed by atoms with Crippen LogP contribution in [0.4, 0.5) is 10.5 Å². The van der Waals surface area contributed by atoms with E-state index in [0.29, 0.717) is 13.0 Å². The zero-order chi connectivity index (χ0) is 23.9.